The van der Waals surface area contributed by atoms with Crippen LogP contribution in [0.2, 0.25) is 0 Å². The molecule has 0 heterocycles. The van der Waals surface area contributed by atoms with Gasteiger partial charge in [-0.05, 0) is 54.8 Å². The molecular formula is C26H26N4O3. The maximum absolute atomic E-state index is 12.8. The zero-order valence-electron chi connectivity index (χ0n) is 18.1. The van der Waals surface area contributed by atoms with Crippen molar-refractivity contribution in [2.24, 2.45) is 0 Å². The monoisotopic (exact) mass is 442 g/mol. The summed E-state index contributed by atoms with van der Waals surface area (Å²) < 4.78 is 0. The van der Waals surface area contributed by atoms with Crippen LogP contribution in [0.25, 0.3) is 0 Å². The zero-order chi connectivity index (χ0) is 23.0. The van der Waals surface area contributed by atoms with Crippen LogP contribution in [-0.2, 0) is 11.2 Å². The first kappa shape index (κ1) is 22.1. The summed E-state index contributed by atoms with van der Waals surface area (Å²) in [4.78, 5) is 37.7. The molecule has 33 heavy (non-hydrogen) atoms. The summed E-state index contributed by atoms with van der Waals surface area (Å²) in [5, 5.41) is 11.3. The molecule has 1 aliphatic rings. The Bertz CT molecular complexity index is 1100. The zero-order valence-corrected chi connectivity index (χ0v) is 18.1. The number of amides is 4. The van der Waals surface area contributed by atoms with E-state index in [1.54, 1.807) is 36.4 Å². The first-order valence-electron chi connectivity index (χ1n) is 10.9. The molecule has 7 nitrogen and oxygen atoms in total. The number of anilines is 2. The lowest BCUT2D eigenvalue weighted by atomic mass is 10.0. The van der Waals surface area contributed by atoms with E-state index >= 15 is 0 Å². The number of rotatable bonds is 8. The number of carbonyl (C=O) groups is 3. The molecule has 1 saturated carbocycles. The molecule has 4 rings (SSSR count). The quantitative estimate of drug-likeness (QED) is 0.425. The standard InChI is InChI=1S/C26H26N4O3/c31-24(30-23(25(32)27-21-15-16-21)17-18-7-3-1-4-8-18)19-11-13-22(14-12-19)29-26(33)28-20-9-5-2-6-10-20/h1-14,21,23H,15-17H2,(H,27,32)(H,30,31)(H2,28,29,33). The minimum absolute atomic E-state index is 0.175. The fourth-order valence-electron chi connectivity index (χ4n) is 3.35. The second-order valence-electron chi connectivity index (χ2n) is 8.02. The van der Waals surface area contributed by atoms with Crippen molar-refractivity contribution in [1.29, 1.82) is 0 Å². The van der Waals surface area contributed by atoms with Crippen LogP contribution in [0.4, 0.5) is 16.2 Å². The number of hydrogen-bond acceptors (Lipinski definition) is 3. The van der Waals surface area contributed by atoms with E-state index in [0.717, 1.165) is 18.4 Å². The summed E-state index contributed by atoms with van der Waals surface area (Å²) in [6, 6.07) is 24.4. The third-order valence-electron chi connectivity index (χ3n) is 5.26. The second-order valence-corrected chi connectivity index (χ2v) is 8.02. The van der Waals surface area contributed by atoms with Gasteiger partial charge in [-0.2, -0.15) is 0 Å². The van der Waals surface area contributed by atoms with Crippen LogP contribution in [-0.4, -0.2) is 29.9 Å². The van der Waals surface area contributed by atoms with E-state index in [2.05, 4.69) is 21.3 Å². The molecule has 3 aromatic rings. The lowest BCUT2D eigenvalue weighted by molar-refractivity contribution is -0.123. The average molecular weight is 443 g/mol. The number of carbonyl (C=O) groups excluding carboxylic acids is 3. The smallest absolute Gasteiger partial charge is 0.323 e. The molecule has 4 N–H and O–H groups in total. The number of benzene rings is 3. The number of hydrogen-bond donors (Lipinski definition) is 4. The maximum atomic E-state index is 12.8. The van der Waals surface area contributed by atoms with Gasteiger partial charge in [-0.3, -0.25) is 9.59 Å². The van der Waals surface area contributed by atoms with Gasteiger partial charge in [-0.1, -0.05) is 48.5 Å². The molecule has 0 bridgehead atoms. The van der Waals surface area contributed by atoms with Gasteiger partial charge in [0.1, 0.15) is 6.04 Å². The molecule has 1 unspecified atom stereocenters. The van der Waals surface area contributed by atoms with Gasteiger partial charge in [0.2, 0.25) is 5.91 Å². The summed E-state index contributed by atoms with van der Waals surface area (Å²) in [6.07, 6.45) is 2.36. The van der Waals surface area contributed by atoms with Gasteiger partial charge in [0.15, 0.2) is 0 Å². The third-order valence-corrected chi connectivity index (χ3v) is 5.26. The largest absolute Gasteiger partial charge is 0.352 e. The predicted octanol–water partition coefficient (Wildman–Crippen LogP) is 3.95. The van der Waals surface area contributed by atoms with E-state index in [1.807, 2.05) is 48.5 Å². The number of urea groups is 1. The van der Waals surface area contributed by atoms with E-state index in [-0.39, 0.29) is 23.9 Å². The Morgan fingerprint density at radius 2 is 1.33 bits per heavy atom. The second kappa shape index (κ2) is 10.5. The molecule has 0 aromatic heterocycles. The normalized spacial score (nSPS) is 13.5. The molecule has 1 atom stereocenters. The van der Waals surface area contributed by atoms with Crippen molar-refractivity contribution in [3.8, 4) is 0 Å². The summed E-state index contributed by atoms with van der Waals surface area (Å²) in [5.41, 5.74) is 2.60. The molecular weight excluding hydrogens is 416 g/mol. The fourth-order valence-corrected chi connectivity index (χ4v) is 3.35. The summed E-state index contributed by atoms with van der Waals surface area (Å²) in [5.74, 6) is -0.521. The highest BCUT2D eigenvalue weighted by Gasteiger charge is 2.28. The van der Waals surface area contributed by atoms with E-state index < -0.39 is 6.04 Å². The Labute approximate surface area is 192 Å². The van der Waals surface area contributed by atoms with E-state index in [4.69, 9.17) is 0 Å². The maximum Gasteiger partial charge on any atom is 0.323 e. The van der Waals surface area contributed by atoms with Gasteiger partial charge < -0.3 is 21.3 Å². The Morgan fingerprint density at radius 1 is 0.758 bits per heavy atom. The highest BCUT2D eigenvalue weighted by atomic mass is 16.2. The topological polar surface area (TPSA) is 99.3 Å². The van der Waals surface area contributed by atoms with Gasteiger partial charge in [0.05, 0.1) is 0 Å². The van der Waals surface area contributed by atoms with Crippen molar-refractivity contribution < 1.29 is 14.4 Å². The van der Waals surface area contributed by atoms with E-state index in [0.29, 0.717) is 23.4 Å². The highest BCUT2D eigenvalue weighted by Crippen LogP contribution is 2.19. The van der Waals surface area contributed by atoms with Gasteiger partial charge >= 0.3 is 6.03 Å². The summed E-state index contributed by atoms with van der Waals surface area (Å²) >= 11 is 0. The molecule has 0 spiro atoms. The minimum atomic E-state index is -0.671. The van der Waals surface area contributed by atoms with Crippen LogP contribution in [0.5, 0.6) is 0 Å². The molecule has 168 valence electrons. The molecule has 1 fully saturated rings. The van der Waals surface area contributed by atoms with Crippen LogP contribution in [0.3, 0.4) is 0 Å². The number of para-hydroxylation sites is 1. The van der Waals surface area contributed by atoms with Crippen molar-refractivity contribution in [2.75, 3.05) is 10.6 Å². The van der Waals surface area contributed by atoms with Crippen molar-refractivity contribution in [1.82, 2.24) is 10.6 Å². The third kappa shape index (κ3) is 6.67. The first-order valence-corrected chi connectivity index (χ1v) is 10.9. The van der Waals surface area contributed by atoms with Crippen molar-refractivity contribution in [3.63, 3.8) is 0 Å². The fraction of sp³-hybridized carbons (Fsp3) is 0.192. The Kier molecular flexibility index (Phi) is 6.99. The van der Waals surface area contributed by atoms with Gasteiger partial charge in [0, 0.05) is 29.4 Å². The van der Waals surface area contributed by atoms with Crippen LogP contribution < -0.4 is 21.3 Å². The van der Waals surface area contributed by atoms with Crippen LogP contribution in [0.15, 0.2) is 84.9 Å². The average Bonchev–Trinajstić information content (AvgIpc) is 3.64. The van der Waals surface area contributed by atoms with Crippen LogP contribution in [0, 0.1) is 0 Å². The van der Waals surface area contributed by atoms with E-state index in [1.165, 1.54) is 0 Å². The molecule has 0 radical (unpaired) electrons. The highest BCUT2D eigenvalue weighted by molar-refractivity contribution is 6.01. The van der Waals surface area contributed by atoms with Gasteiger partial charge in [-0.15, -0.1) is 0 Å². The van der Waals surface area contributed by atoms with Crippen molar-refractivity contribution in [3.05, 3.63) is 96.1 Å². The Balaban J connectivity index is 1.37. The molecule has 0 aliphatic heterocycles. The van der Waals surface area contributed by atoms with Crippen molar-refractivity contribution in [2.45, 2.75) is 31.3 Å². The first-order chi connectivity index (χ1) is 16.1. The van der Waals surface area contributed by atoms with Crippen LogP contribution in [0.1, 0.15) is 28.8 Å². The lowest BCUT2D eigenvalue weighted by Gasteiger charge is -2.19. The number of nitrogens with one attached hydrogen (secondary N) is 4. The summed E-state index contributed by atoms with van der Waals surface area (Å²) in [7, 11) is 0. The Hall–Kier alpha value is -4.13. The Morgan fingerprint density at radius 3 is 1.94 bits per heavy atom. The van der Waals surface area contributed by atoms with Gasteiger partial charge in [0.25, 0.3) is 5.91 Å². The molecule has 7 heteroatoms. The van der Waals surface area contributed by atoms with Crippen LogP contribution >= 0.6 is 0 Å². The van der Waals surface area contributed by atoms with Gasteiger partial charge in [-0.25, -0.2) is 4.79 Å². The van der Waals surface area contributed by atoms with E-state index in [9.17, 15) is 14.4 Å². The molecule has 4 amide bonds. The lowest BCUT2D eigenvalue weighted by Crippen LogP contribution is -2.48. The minimum Gasteiger partial charge on any atom is -0.352 e. The van der Waals surface area contributed by atoms with Crippen molar-refractivity contribution >= 4 is 29.2 Å². The summed E-state index contributed by atoms with van der Waals surface area (Å²) in [6.45, 7) is 0. The molecule has 0 saturated heterocycles. The molecule has 3 aromatic carbocycles. The predicted molar refractivity (Wildman–Crippen MR) is 128 cm³/mol. The molecule has 1 aliphatic carbocycles. The SMILES string of the molecule is O=C(Nc1ccccc1)Nc1ccc(C(=O)NC(Cc2ccccc2)C(=O)NC2CC2)cc1.